The van der Waals surface area contributed by atoms with Gasteiger partial charge in [-0.2, -0.15) is 0 Å². The second kappa shape index (κ2) is 7.13. The molecule has 188 valence electrons. The van der Waals surface area contributed by atoms with Crippen LogP contribution in [-0.2, 0) is 18.9 Å². The van der Waals surface area contributed by atoms with Crippen LogP contribution < -0.4 is 0 Å². The fraction of sp³-hybridized carbons (Fsp3) is 1.00. The molecule has 0 aromatic rings. The summed E-state index contributed by atoms with van der Waals surface area (Å²) in [5.41, 5.74) is -3.82. The molecule has 1 spiro atoms. The number of fused-ring (bicyclic) bond motifs is 2. The standard InChI is InChI=1S/C25H41NO7/c1-6-26-11-22(12-30-2)8-7-16(27)24-14-9-13-15(31-3)10-23(28,17(14)18(13)32-4)25(29,21(24)26)20(33-5)19(22)24/h13-21,27-29H,6-12H2,1-5H3/t13-,14-,15+,16+,17-,18+,19-,20+,21+,22+,23-,24+,25?/m1/s1. The molecule has 33 heavy (non-hydrogen) atoms. The molecule has 0 radical (unpaired) electrons. The van der Waals surface area contributed by atoms with Crippen LogP contribution in [0.1, 0.15) is 32.6 Å². The largest absolute Gasteiger partial charge is 0.392 e. The zero-order chi connectivity index (χ0) is 23.6. The number of likely N-dealkylation sites (tertiary alicyclic amines) is 1. The average Bonchev–Trinajstić information content (AvgIpc) is 3.22. The summed E-state index contributed by atoms with van der Waals surface area (Å²) in [5.74, 6) is -0.231. The molecule has 13 atom stereocenters. The minimum absolute atomic E-state index is 0.00825. The van der Waals surface area contributed by atoms with Crippen LogP contribution in [0.4, 0.5) is 0 Å². The van der Waals surface area contributed by atoms with Gasteiger partial charge in [-0.1, -0.05) is 6.92 Å². The van der Waals surface area contributed by atoms with E-state index in [0.29, 0.717) is 19.4 Å². The summed E-state index contributed by atoms with van der Waals surface area (Å²) in [4.78, 5) is 2.33. The molecule has 1 aliphatic heterocycles. The summed E-state index contributed by atoms with van der Waals surface area (Å²) < 4.78 is 24.0. The Balaban J connectivity index is 1.67. The predicted molar refractivity (Wildman–Crippen MR) is 119 cm³/mol. The fourth-order valence-corrected chi connectivity index (χ4v) is 11.0. The van der Waals surface area contributed by atoms with Crippen molar-refractivity contribution < 1.29 is 34.3 Å². The van der Waals surface area contributed by atoms with E-state index in [1.54, 1.807) is 28.4 Å². The van der Waals surface area contributed by atoms with Crippen molar-refractivity contribution in [1.29, 1.82) is 0 Å². The van der Waals surface area contributed by atoms with E-state index in [4.69, 9.17) is 18.9 Å². The average molecular weight is 468 g/mol. The van der Waals surface area contributed by atoms with Crippen molar-refractivity contribution in [3.63, 3.8) is 0 Å². The molecular weight excluding hydrogens is 426 g/mol. The minimum Gasteiger partial charge on any atom is -0.392 e. The van der Waals surface area contributed by atoms with Gasteiger partial charge in [-0.3, -0.25) is 4.90 Å². The number of hydrogen-bond donors (Lipinski definition) is 3. The first-order valence-corrected chi connectivity index (χ1v) is 12.7. The van der Waals surface area contributed by atoms with Crippen molar-refractivity contribution in [3.05, 3.63) is 0 Å². The zero-order valence-corrected chi connectivity index (χ0v) is 20.6. The van der Waals surface area contributed by atoms with E-state index in [9.17, 15) is 15.3 Å². The molecule has 6 fully saturated rings. The van der Waals surface area contributed by atoms with E-state index in [-0.39, 0.29) is 47.3 Å². The van der Waals surface area contributed by atoms with Crippen LogP contribution >= 0.6 is 0 Å². The lowest BCUT2D eigenvalue weighted by molar-refractivity contribution is -0.318. The lowest BCUT2D eigenvalue weighted by Gasteiger charge is -2.69. The number of aliphatic hydroxyl groups is 3. The molecule has 0 aromatic carbocycles. The van der Waals surface area contributed by atoms with Gasteiger partial charge in [-0.25, -0.2) is 0 Å². The Bertz CT molecular complexity index is 814. The van der Waals surface area contributed by atoms with Crippen LogP contribution in [0.25, 0.3) is 0 Å². The Morgan fingerprint density at radius 2 is 1.82 bits per heavy atom. The third-order valence-corrected chi connectivity index (χ3v) is 11.5. The Morgan fingerprint density at radius 1 is 1.06 bits per heavy atom. The van der Waals surface area contributed by atoms with Gasteiger partial charge < -0.3 is 34.3 Å². The lowest BCUT2D eigenvalue weighted by Crippen LogP contribution is -2.82. The number of methoxy groups -OCH3 is 4. The van der Waals surface area contributed by atoms with Crippen LogP contribution in [0.5, 0.6) is 0 Å². The van der Waals surface area contributed by atoms with E-state index in [1.165, 1.54) is 0 Å². The molecule has 5 aliphatic carbocycles. The smallest absolute Gasteiger partial charge is 0.136 e. The summed E-state index contributed by atoms with van der Waals surface area (Å²) in [6.07, 6.45) is 1.06. The fourth-order valence-electron chi connectivity index (χ4n) is 11.0. The summed E-state index contributed by atoms with van der Waals surface area (Å²) in [6.45, 7) is 4.18. The van der Waals surface area contributed by atoms with Crippen molar-refractivity contribution in [2.45, 2.75) is 74.3 Å². The van der Waals surface area contributed by atoms with Gasteiger partial charge in [0.15, 0.2) is 0 Å². The highest BCUT2D eigenvalue weighted by Gasteiger charge is 2.91. The first-order chi connectivity index (χ1) is 15.8. The molecule has 6 aliphatic rings. The highest BCUT2D eigenvalue weighted by atomic mass is 16.5. The predicted octanol–water partition coefficient (Wildman–Crippen LogP) is 0.271. The Kier molecular flexibility index (Phi) is 4.99. The quantitative estimate of drug-likeness (QED) is 0.512. The Morgan fingerprint density at radius 3 is 2.42 bits per heavy atom. The monoisotopic (exact) mass is 467 g/mol. The van der Waals surface area contributed by atoms with Crippen molar-refractivity contribution in [2.24, 2.45) is 34.5 Å². The zero-order valence-electron chi connectivity index (χ0n) is 20.6. The van der Waals surface area contributed by atoms with E-state index >= 15 is 0 Å². The molecule has 5 saturated carbocycles. The second-order valence-corrected chi connectivity index (χ2v) is 11.9. The van der Waals surface area contributed by atoms with E-state index in [0.717, 1.165) is 25.9 Å². The normalized spacial score (nSPS) is 60.9. The van der Waals surface area contributed by atoms with Crippen LogP contribution in [-0.4, -0.2) is 110 Å². The number of likely N-dealkylation sites (N-methyl/N-ethyl adjacent to an activating group) is 1. The van der Waals surface area contributed by atoms with Gasteiger partial charge in [0.05, 0.1) is 37.1 Å². The number of piperidine rings is 1. The van der Waals surface area contributed by atoms with Gasteiger partial charge in [0.1, 0.15) is 11.2 Å². The molecule has 0 amide bonds. The van der Waals surface area contributed by atoms with Crippen molar-refractivity contribution in [2.75, 3.05) is 48.1 Å². The van der Waals surface area contributed by atoms with Gasteiger partial charge >= 0.3 is 0 Å². The van der Waals surface area contributed by atoms with Crippen LogP contribution in [0.3, 0.4) is 0 Å². The first kappa shape index (κ1) is 23.1. The van der Waals surface area contributed by atoms with Gasteiger partial charge in [-0.05, 0) is 31.7 Å². The molecule has 1 unspecified atom stereocenters. The lowest BCUT2D eigenvalue weighted by atomic mass is 9.42. The molecule has 8 nitrogen and oxygen atoms in total. The third kappa shape index (κ3) is 2.20. The maximum absolute atomic E-state index is 12.9. The first-order valence-electron chi connectivity index (χ1n) is 12.7. The highest BCUT2D eigenvalue weighted by Crippen LogP contribution is 2.80. The van der Waals surface area contributed by atoms with E-state index in [1.807, 2.05) is 0 Å². The van der Waals surface area contributed by atoms with Crippen LogP contribution in [0, 0.1) is 34.5 Å². The molecule has 3 N–H and O–H groups in total. The molecule has 1 heterocycles. The maximum atomic E-state index is 12.9. The maximum Gasteiger partial charge on any atom is 0.136 e. The van der Waals surface area contributed by atoms with Crippen molar-refractivity contribution in [3.8, 4) is 0 Å². The number of ether oxygens (including phenoxy) is 4. The SMILES string of the molecule is CCN1C[C@]2(COC)CC[C@H](O)[C@]34[C@@H]5C[C@H]6[C@H](OC)[C@@H]5[C@](O)(C[C@@H]6OC)C(O)([C@@H]13)[C@@H](OC)[C@H]24. The molecule has 1 saturated heterocycles. The topological polar surface area (TPSA) is 101 Å². The summed E-state index contributed by atoms with van der Waals surface area (Å²) in [7, 11) is 6.79. The summed E-state index contributed by atoms with van der Waals surface area (Å²) >= 11 is 0. The minimum atomic E-state index is -1.55. The molecule has 6 rings (SSSR count). The van der Waals surface area contributed by atoms with E-state index < -0.39 is 28.8 Å². The molecule has 8 heteroatoms. The second-order valence-electron chi connectivity index (χ2n) is 11.9. The van der Waals surface area contributed by atoms with Gasteiger partial charge in [0.25, 0.3) is 0 Å². The third-order valence-electron chi connectivity index (χ3n) is 11.5. The number of hydrogen-bond acceptors (Lipinski definition) is 8. The number of rotatable bonds is 6. The summed E-state index contributed by atoms with van der Waals surface area (Å²) in [6, 6.07) is -0.386. The van der Waals surface area contributed by atoms with Gasteiger partial charge in [0.2, 0.25) is 0 Å². The van der Waals surface area contributed by atoms with Gasteiger partial charge in [0, 0.05) is 70.0 Å². The van der Waals surface area contributed by atoms with Crippen molar-refractivity contribution >= 4 is 0 Å². The molecule has 7 bridgehead atoms. The Labute approximate surface area is 196 Å². The molecular formula is C25H41NO7. The molecule has 0 aromatic heterocycles. The highest BCUT2D eigenvalue weighted by molar-refractivity contribution is 5.41. The Hall–Kier alpha value is -0.320. The van der Waals surface area contributed by atoms with E-state index in [2.05, 4.69) is 11.8 Å². The number of nitrogens with zero attached hydrogens (tertiary/aromatic N) is 1. The van der Waals surface area contributed by atoms with Gasteiger partial charge in [-0.15, -0.1) is 0 Å². The number of aliphatic hydroxyl groups excluding tert-OH is 1. The van der Waals surface area contributed by atoms with Crippen LogP contribution in [0.15, 0.2) is 0 Å². The van der Waals surface area contributed by atoms with Crippen molar-refractivity contribution in [1.82, 2.24) is 4.90 Å². The summed E-state index contributed by atoms with van der Waals surface area (Å²) in [5, 5.41) is 37.6. The van der Waals surface area contributed by atoms with Crippen LogP contribution in [0.2, 0.25) is 0 Å².